The first-order chi connectivity index (χ1) is 10.1. The van der Waals surface area contributed by atoms with Gasteiger partial charge in [-0.05, 0) is 43.8 Å². The van der Waals surface area contributed by atoms with Gasteiger partial charge in [-0.3, -0.25) is 4.79 Å². The van der Waals surface area contributed by atoms with Crippen LogP contribution in [0.3, 0.4) is 0 Å². The molecule has 0 radical (unpaired) electrons. The lowest BCUT2D eigenvalue weighted by molar-refractivity contribution is -0.120. The molecular weight excluding hydrogens is 258 g/mol. The van der Waals surface area contributed by atoms with Crippen LogP contribution in [0.15, 0.2) is 59.3 Å². The highest BCUT2D eigenvalue weighted by Crippen LogP contribution is 2.38. The summed E-state index contributed by atoms with van der Waals surface area (Å²) >= 11 is 0. The van der Waals surface area contributed by atoms with Crippen molar-refractivity contribution in [2.24, 2.45) is 11.7 Å². The van der Waals surface area contributed by atoms with Crippen molar-refractivity contribution in [3.63, 3.8) is 0 Å². The van der Waals surface area contributed by atoms with Gasteiger partial charge in [0.15, 0.2) is 0 Å². The van der Waals surface area contributed by atoms with Crippen LogP contribution in [0.4, 0.5) is 0 Å². The van der Waals surface area contributed by atoms with E-state index in [9.17, 15) is 4.79 Å². The Morgan fingerprint density at radius 2 is 2.05 bits per heavy atom. The van der Waals surface area contributed by atoms with Crippen LogP contribution in [0.1, 0.15) is 39.0 Å². The van der Waals surface area contributed by atoms with Gasteiger partial charge in [-0.25, -0.2) is 0 Å². The van der Waals surface area contributed by atoms with Crippen LogP contribution < -0.4 is 5.73 Å². The summed E-state index contributed by atoms with van der Waals surface area (Å²) in [6.07, 6.45) is 19.3. The zero-order valence-electron chi connectivity index (χ0n) is 12.6. The zero-order valence-corrected chi connectivity index (χ0v) is 12.6. The van der Waals surface area contributed by atoms with Gasteiger partial charge in [0, 0.05) is 6.42 Å². The highest BCUT2D eigenvalue weighted by molar-refractivity contribution is 5.88. The van der Waals surface area contributed by atoms with Crippen molar-refractivity contribution in [1.82, 2.24) is 0 Å². The van der Waals surface area contributed by atoms with Crippen molar-refractivity contribution in [2.45, 2.75) is 44.6 Å². The summed E-state index contributed by atoms with van der Waals surface area (Å²) in [4.78, 5) is 12.7. The average molecular weight is 281 g/mol. The Balaban J connectivity index is 2.02. The van der Waals surface area contributed by atoms with Gasteiger partial charge in [-0.15, -0.1) is 0 Å². The van der Waals surface area contributed by atoms with Crippen molar-refractivity contribution in [2.75, 3.05) is 0 Å². The normalized spacial score (nSPS) is 32.6. The number of hydrogen-bond donors (Lipinski definition) is 1. The zero-order chi connectivity index (χ0) is 14.9. The number of carbonyl (C=O) groups excluding carboxylic acids is 1. The molecular formula is C19H23NO. The van der Waals surface area contributed by atoms with Crippen LogP contribution in [-0.2, 0) is 4.79 Å². The molecule has 2 N–H and O–H groups in total. The van der Waals surface area contributed by atoms with Crippen molar-refractivity contribution < 1.29 is 4.79 Å². The Labute approximate surface area is 126 Å². The van der Waals surface area contributed by atoms with Crippen LogP contribution in [0.2, 0.25) is 0 Å². The maximum Gasteiger partial charge on any atom is 0.144 e. The molecule has 2 atom stereocenters. The molecule has 0 saturated carbocycles. The monoisotopic (exact) mass is 281 g/mol. The second-order valence-corrected chi connectivity index (χ2v) is 6.47. The molecule has 0 bridgehead atoms. The van der Waals surface area contributed by atoms with E-state index in [1.54, 1.807) is 0 Å². The fourth-order valence-electron chi connectivity index (χ4n) is 3.43. The largest absolute Gasteiger partial charge is 0.319 e. The minimum atomic E-state index is -0.435. The molecule has 0 aromatic heterocycles. The lowest BCUT2D eigenvalue weighted by atomic mass is 9.80. The lowest BCUT2D eigenvalue weighted by Crippen LogP contribution is -2.30. The summed E-state index contributed by atoms with van der Waals surface area (Å²) < 4.78 is 0. The van der Waals surface area contributed by atoms with Gasteiger partial charge in [0.2, 0.25) is 0 Å². The van der Waals surface area contributed by atoms with E-state index in [0.29, 0.717) is 12.2 Å². The van der Waals surface area contributed by atoms with Crippen molar-refractivity contribution in [3.8, 4) is 0 Å². The molecule has 0 amide bonds. The fourth-order valence-corrected chi connectivity index (χ4v) is 3.43. The quantitative estimate of drug-likeness (QED) is 0.795. The Hall–Kier alpha value is -1.67. The first kappa shape index (κ1) is 14.3. The molecule has 0 heterocycles. The maximum absolute atomic E-state index is 12.7. The number of nitrogens with two attached hydrogens (primary N) is 1. The number of carbonyl (C=O) groups is 1. The van der Waals surface area contributed by atoms with E-state index in [1.807, 2.05) is 25.2 Å². The van der Waals surface area contributed by atoms with Crippen LogP contribution in [0.5, 0.6) is 0 Å². The molecule has 3 aliphatic carbocycles. The van der Waals surface area contributed by atoms with E-state index in [1.165, 1.54) is 11.1 Å². The molecule has 2 nitrogen and oxygen atoms in total. The molecule has 21 heavy (non-hydrogen) atoms. The minimum absolute atomic E-state index is 0.0674. The molecule has 0 saturated heterocycles. The predicted molar refractivity (Wildman–Crippen MR) is 86.7 cm³/mol. The Bertz CT molecular complexity index is 599. The van der Waals surface area contributed by atoms with E-state index in [2.05, 4.69) is 24.3 Å². The second kappa shape index (κ2) is 5.61. The SMILES string of the molecule is CC1(N)C=CC=C(C2C(=O)CCCC3=C2CCC=C3)C=C1. The van der Waals surface area contributed by atoms with Gasteiger partial charge in [0.05, 0.1) is 11.5 Å². The smallest absolute Gasteiger partial charge is 0.144 e. The topological polar surface area (TPSA) is 43.1 Å². The fraction of sp³-hybridized carbons (Fsp3) is 0.421. The molecule has 2 unspecified atom stereocenters. The van der Waals surface area contributed by atoms with Crippen molar-refractivity contribution >= 4 is 5.78 Å². The number of ketones is 1. The first-order valence-electron chi connectivity index (χ1n) is 7.85. The predicted octanol–water partition coefficient (Wildman–Crippen LogP) is 3.77. The molecule has 3 rings (SSSR count). The summed E-state index contributed by atoms with van der Waals surface area (Å²) in [6.45, 7) is 1.97. The maximum atomic E-state index is 12.7. The first-order valence-corrected chi connectivity index (χ1v) is 7.85. The summed E-state index contributed by atoms with van der Waals surface area (Å²) in [5.41, 5.74) is 9.53. The summed E-state index contributed by atoms with van der Waals surface area (Å²) in [5.74, 6) is 0.294. The van der Waals surface area contributed by atoms with Crippen LogP contribution in [-0.4, -0.2) is 11.3 Å². The second-order valence-electron chi connectivity index (χ2n) is 6.47. The van der Waals surface area contributed by atoms with Crippen LogP contribution in [0, 0.1) is 5.92 Å². The third-order valence-corrected chi connectivity index (χ3v) is 4.56. The lowest BCUT2D eigenvalue weighted by Gasteiger charge is -2.23. The standard InChI is InChI=1S/C19H23NO/c1-19(20)12-5-8-15(11-13-19)18-16-9-3-2-6-14(16)7-4-10-17(18)21/h2,5-6,8,11-13,18H,3-4,7,9-10,20H2,1H3. The van der Waals surface area contributed by atoms with Crippen molar-refractivity contribution in [3.05, 3.63) is 59.3 Å². The van der Waals surface area contributed by atoms with Crippen LogP contribution in [0.25, 0.3) is 0 Å². The summed E-state index contributed by atoms with van der Waals surface area (Å²) in [7, 11) is 0. The Kier molecular flexibility index (Phi) is 3.81. The molecule has 0 aromatic rings. The highest BCUT2D eigenvalue weighted by Gasteiger charge is 2.30. The van der Waals surface area contributed by atoms with Crippen molar-refractivity contribution in [1.29, 1.82) is 0 Å². The molecule has 2 heteroatoms. The number of hydrogen-bond acceptors (Lipinski definition) is 2. The van der Waals surface area contributed by atoms with E-state index < -0.39 is 5.54 Å². The van der Waals surface area contributed by atoms with E-state index in [4.69, 9.17) is 5.73 Å². The Morgan fingerprint density at radius 1 is 1.19 bits per heavy atom. The molecule has 0 spiro atoms. The number of allylic oxidation sites excluding steroid dienone is 8. The molecule has 0 aromatic carbocycles. The molecule has 0 fully saturated rings. The summed E-state index contributed by atoms with van der Waals surface area (Å²) in [6, 6.07) is 0. The van der Waals surface area contributed by atoms with Gasteiger partial charge in [-0.1, -0.05) is 48.1 Å². The van der Waals surface area contributed by atoms with Gasteiger partial charge >= 0.3 is 0 Å². The molecule has 110 valence electrons. The third-order valence-electron chi connectivity index (χ3n) is 4.56. The Morgan fingerprint density at radius 3 is 2.90 bits per heavy atom. The molecule has 3 aliphatic rings. The third kappa shape index (κ3) is 3.01. The van der Waals surface area contributed by atoms with E-state index >= 15 is 0 Å². The molecule has 0 aliphatic heterocycles. The summed E-state index contributed by atoms with van der Waals surface area (Å²) in [5, 5.41) is 0. The van der Waals surface area contributed by atoms with Gasteiger partial charge < -0.3 is 5.73 Å². The van der Waals surface area contributed by atoms with Gasteiger partial charge in [0.25, 0.3) is 0 Å². The van der Waals surface area contributed by atoms with Crippen LogP contribution >= 0.6 is 0 Å². The number of rotatable bonds is 1. The average Bonchev–Trinajstić information content (AvgIpc) is 2.72. The van der Waals surface area contributed by atoms with E-state index in [-0.39, 0.29) is 5.92 Å². The van der Waals surface area contributed by atoms with Gasteiger partial charge in [-0.2, -0.15) is 0 Å². The highest BCUT2D eigenvalue weighted by atomic mass is 16.1. The minimum Gasteiger partial charge on any atom is -0.319 e. The van der Waals surface area contributed by atoms with Gasteiger partial charge in [0.1, 0.15) is 5.78 Å². The van der Waals surface area contributed by atoms with E-state index in [0.717, 1.165) is 31.3 Å². The number of Topliss-reactive ketones (excluding diaryl/α,β-unsaturated/α-hetero) is 1.